The molecule has 0 radical (unpaired) electrons. The van der Waals surface area contributed by atoms with E-state index in [0.717, 1.165) is 0 Å². The largest absolute Gasteiger partial charge is 0.697 e. The summed E-state index contributed by atoms with van der Waals surface area (Å²) in [6, 6.07) is 0. The first-order chi connectivity index (χ1) is 19.8. The molecule has 3 aliphatic rings. The molecule has 7 heterocycles. The lowest BCUT2D eigenvalue weighted by Crippen LogP contribution is -2.31. The number of nitrogens with zero attached hydrogens (tertiary/aromatic N) is 8. The highest BCUT2D eigenvalue weighted by atomic mass is 32.5. The van der Waals surface area contributed by atoms with E-state index in [1.807, 2.05) is 0 Å². The van der Waals surface area contributed by atoms with Crippen molar-refractivity contribution < 1.29 is 37.0 Å². The lowest BCUT2D eigenvalue weighted by Gasteiger charge is -2.24. The topological polar surface area (TPSA) is 232 Å². The predicted octanol–water partition coefficient (Wildman–Crippen LogP) is 1.10. The van der Waals surface area contributed by atoms with E-state index < -0.39 is 51.8 Å². The highest BCUT2D eigenvalue weighted by Crippen LogP contribution is 2.51. The second kappa shape index (κ2) is 10.5. The van der Waals surface area contributed by atoms with Gasteiger partial charge in [0.2, 0.25) is 0 Å². The van der Waals surface area contributed by atoms with Crippen molar-refractivity contribution in [2.24, 2.45) is 0 Å². The Balaban J connectivity index is 1.10. The van der Waals surface area contributed by atoms with Crippen molar-refractivity contribution in [3.05, 3.63) is 25.3 Å². The minimum atomic E-state index is -3.80. The number of imidazole rings is 2. The smallest absolute Gasteiger partial charge is 0.382 e. The van der Waals surface area contributed by atoms with Crippen LogP contribution in [0.25, 0.3) is 22.3 Å². The number of fused-ring (bicyclic) bond motifs is 4. The highest BCUT2D eigenvalue weighted by molar-refractivity contribution is 8.07. The second-order valence-electron chi connectivity index (χ2n) is 9.47. The molecule has 3 saturated heterocycles. The number of ether oxygens (including phenoxy) is 2. The molecule has 0 spiro atoms. The Morgan fingerprint density at radius 1 is 0.854 bits per heavy atom. The van der Waals surface area contributed by atoms with Gasteiger partial charge in [-0.2, -0.15) is 0 Å². The molecule has 8 atom stereocenters. The van der Waals surface area contributed by atoms with Crippen LogP contribution < -0.4 is 11.5 Å². The van der Waals surface area contributed by atoms with Crippen LogP contribution >= 0.6 is 15.0 Å². The Kier molecular flexibility index (Phi) is 6.90. The van der Waals surface area contributed by atoms with Crippen molar-refractivity contribution in [1.82, 2.24) is 39.0 Å². The third kappa shape index (κ3) is 5.08. The summed E-state index contributed by atoms with van der Waals surface area (Å²) in [7, 11) is -2.60. The first-order valence-corrected chi connectivity index (χ1v) is 16.0. The lowest BCUT2D eigenvalue weighted by molar-refractivity contribution is -0.0551. The highest BCUT2D eigenvalue weighted by Gasteiger charge is 2.48. The van der Waals surface area contributed by atoms with Crippen LogP contribution in [0.1, 0.15) is 25.3 Å². The summed E-state index contributed by atoms with van der Waals surface area (Å²) in [6.45, 7) is -4.18. The van der Waals surface area contributed by atoms with Crippen molar-refractivity contribution in [3.63, 3.8) is 0 Å². The van der Waals surface area contributed by atoms with Gasteiger partial charge in [-0.05, 0) is 11.8 Å². The molecule has 21 heteroatoms. The van der Waals surface area contributed by atoms with Gasteiger partial charge in [0.25, 0.3) is 0 Å². The molecule has 5 N–H and O–H groups in total. The van der Waals surface area contributed by atoms with E-state index in [1.54, 1.807) is 9.13 Å². The molecule has 41 heavy (non-hydrogen) atoms. The van der Waals surface area contributed by atoms with Gasteiger partial charge in [-0.15, -0.1) is 9.05 Å². The minimum Gasteiger partial charge on any atom is -0.382 e. The molecule has 18 nitrogen and oxygen atoms in total. The van der Waals surface area contributed by atoms with Crippen LogP contribution in [0.3, 0.4) is 0 Å². The minimum absolute atomic E-state index is 0.181. The van der Waals surface area contributed by atoms with Crippen molar-refractivity contribution in [3.8, 4) is 0 Å². The Bertz CT molecular complexity index is 1690. The Morgan fingerprint density at radius 3 is 2.02 bits per heavy atom. The van der Waals surface area contributed by atoms with E-state index in [2.05, 4.69) is 29.9 Å². The Labute approximate surface area is 236 Å². The molecule has 7 rings (SSSR count). The van der Waals surface area contributed by atoms with Gasteiger partial charge < -0.3 is 34.9 Å². The average Bonchev–Trinajstić information content (AvgIpc) is 3.71. The van der Waals surface area contributed by atoms with Crippen LogP contribution in [0.4, 0.5) is 11.6 Å². The summed E-state index contributed by atoms with van der Waals surface area (Å²) in [5.41, 5.74) is 13.5. The van der Waals surface area contributed by atoms with Crippen LogP contribution in [0.2, 0.25) is 0 Å². The maximum Gasteiger partial charge on any atom is 0.697 e. The summed E-state index contributed by atoms with van der Waals surface area (Å²) < 4.78 is 51.3. The van der Waals surface area contributed by atoms with E-state index in [-0.39, 0.29) is 37.7 Å². The lowest BCUT2D eigenvalue weighted by atomic mass is 10.2. The van der Waals surface area contributed by atoms with Gasteiger partial charge in [-0.3, -0.25) is 9.13 Å². The number of hydrogen-bond donors (Lipinski definition) is 3. The summed E-state index contributed by atoms with van der Waals surface area (Å²) >= 11 is 5.32. The van der Waals surface area contributed by atoms with Crippen molar-refractivity contribution >= 4 is 60.7 Å². The predicted molar refractivity (Wildman–Crippen MR) is 142 cm³/mol. The number of anilines is 2. The number of hydrogen-bond acceptors (Lipinski definition) is 16. The molecule has 4 aromatic rings. The van der Waals surface area contributed by atoms with Crippen LogP contribution in [0.5, 0.6) is 0 Å². The van der Waals surface area contributed by atoms with Gasteiger partial charge in [0.05, 0.1) is 19.3 Å². The van der Waals surface area contributed by atoms with Gasteiger partial charge in [0.15, 0.2) is 22.9 Å². The normalized spacial score (nSPS) is 33.8. The van der Waals surface area contributed by atoms with Crippen molar-refractivity contribution in [2.45, 2.75) is 49.7 Å². The van der Waals surface area contributed by atoms with Crippen LogP contribution in [0.15, 0.2) is 25.3 Å². The molecule has 2 unspecified atom stereocenters. The van der Waals surface area contributed by atoms with E-state index in [4.69, 9.17) is 50.8 Å². The Morgan fingerprint density at radius 2 is 1.41 bits per heavy atom. The number of nitrogens with two attached hydrogens (primary N) is 2. The van der Waals surface area contributed by atoms with Crippen molar-refractivity contribution in [2.75, 3.05) is 24.7 Å². The van der Waals surface area contributed by atoms with Gasteiger partial charge in [0.1, 0.15) is 67.2 Å². The molecule has 3 fully saturated rings. The standard InChI is InChI=1S/C20H22N10O8P2S/c21-17-15-19(25-5-23-17)29(7-27-15)13-1-9-12(36-13)4-34-40(32,41)38-10-2-14(35-11(10)3-33-39(31)37-9)30-8-28-16-18(22)24-6-26-20(16)30/h5-14H,1-4H2,(H4-,21,22,23,24,25,26,32,41)/p+1/t9-,10-,11+,12+,13+,14+,40?/m0/s1. The van der Waals surface area contributed by atoms with Crippen molar-refractivity contribution in [1.29, 1.82) is 0 Å². The molecule has 0 aliphatic carbocycles. The summed E-state index contributed by atoms with van der Waals surface area (Å²) in [5.74, 6) is 0.445. The fourth-order valence-corrected chi connectivity index (χ4v) is 7.32. The maximum atomic E-state index is 12.9. The summed E-state index contributed by atoms with van der Waals surface area (Å²) in [6.07, 6.45) is 1.83. The van der Waals surface area contributed by atoms with E-state index in [9.17, 15) is 9.46 Å². The average molecular weight is 625 g/mol. The van der Waals surface area contributed by atoms with Crippen LogP contribution in [0, 0.1) is 0 Å². The number of aromatic nitrogens is 8. The van der Waals surface area contributed by atoms with Gasteiger partial charge in [0, 0.05) is 17.4 Å². The molecular weight excluding hydrogens is 602 g/mol. The zero-order chi connectivity index (χ0) is 28.3. The van der Waals surface area contributed by atoms with Crippen LogP contribution in [-0.4, -0.2) is 81.6 Å². The third-order valence-electron chi connectivity index (χ3n) is 6.99. The molecule has 3 aliphatic heterocycles. The molecule has 0 aromatic carbocycles. The molecule has 4 aromatic heterocycles. The molecule has 0 bridgehead atoms. The van der Waals surface area contributed by atoms with Gasteiger partial charge in [-0.25, -0.2) is 29.9 Å². The monoisotopic (exact) mass is 625 g/mol. The van der Waals surface area contributed by atoms with Gasteiger partial charge in [-0.1, -0.05) is 0 Å². The third-order valence-corrected chi connectivity index (χ3v) is 9.38. The van der Waals surface area contributed by atoms with Crippen LogP contribution in [-0.2, 0) is 43.9 Å². The first kappa shape index (κ1) is 27.0. The summed E-state index contributed by atoms with van der Waals surface area (Å²) in [4.78, 5) is 35.9. The second-order valence-corrected chi connectivity index (χ2v) is 13.2. The zero-order valence-electron chi connectivity index (χ0n) is 20.9. The molecule has 0 saturated carbocycles. The SMILES string of the molecule is Nc1ncnc2c1ncn2[C@H]1C[C@@H]2O[P+](=O)OC[C@H]3O[C@@H](n4cnc5c(N)ncnc54)C[C@@H]3OP(O)(=S)OC[C@H]2O1. The molecule has 216 valence electrons. The summed E-state index contributed by atoms with van der Waals surface area (Å²) in [5, 5.41) is 0. The number of rotatable bonds is 2. The van der Waals surface area contributed by atoms with Gasteiger partial charge >= 0.3 is 15.0 Å². The zero-order valence-corrected chi connectivity index (χ0v) is 23.5. The Hall–Kier alpha value is -2.83. The van der Waals surface area contributed by atoms with E-state index in [0.29, 0.717) is 22.3 Å². The van der Waals surface area contributed by atoms with E-state index >= 15 is 0 Å². The fraction of sp³-hybridized carbons (Fsp3) is 0.500. The van der Waals surface area contributed by atoms with E-state index in [1.165, 1.54) is 25.3 Å². The maximum absolute atomic E-state index is 12.9. The first-order valence-electron chi connectivity index (χ1n) is 12.4. The molecular formula is C20H23N10O8P2S+. The fourth-order valence-electron chi connectivity index (χ4n) is 5.07. The quantitative estimate of drug-likeness (QED) is 0.265. The molecule has 0 amide bonds. The number of nitrogen functional groups attached to an aromatic ring is 2.